The molecule has 1 atom stereocenters. The summed E-state index contributed by atoms with van der Waals surface area (Å²) in [6.07, 6.45) is 0.0112. The second-order valence-electron chi connectivity index (χ2n) is 6.32. The number of rotatable bonds is 4. The third-order valence-electron chi connectivity index (χ3n) is 4.50. The van der Waals surface area contributed by atoms with E-state index in [-0.39, 0.29) is 45.8 Å². The van der Waals surface area contributed by atoms with Crippen LogP contribution in [0.4, 0.5) is 11.4 Å². The molecule has 2 N–H and O–H groups in total. The van der Waals surface area contributed by atoms with Crippen molar-refractivity contribution in [3.05, 3.63) is 73.5 Å². The SMILES string of the molecule is COC(=O)c1ccc([N+](=O)[O-])c2occc12.O=C(O)c1ccc([N+](=O)[O-])c2c1CC(O)O2. The van der Waals surface area contributed by atoms with Gasteiger partial charge in [-0.2, -0.15) is 0 Å². The molecule has 13 heteroatoms. The van der Waals surface area contributed by atoms with Crippen LogP contribution in [0, 0.1) is 20.2 Å². The zero-order valence-corrected chi connectivity index (χ0v) is 16.2. The number of esters is 1. The maximum Gasteiger partial charge on any atom is 0.338 e. The number of methoxy groups -OCH3 is 1. The molecule has 0 aliphatic carbocycles. The van der Waals surface area contributed by atoms with Crippen LogP contribution >= 0.6 is 0 Å². The molecule has 2 aromatic carbocycles. The van der Waals surface area contributed by atoms with Crippen LogP contribution in [0.2, 0.25) is 0 Å². The van der Waals surface area contributed by atoms with Gasteiger partial charge < -0.3 is 24.1 Å². The topological polar surface area (TPSA) is 192 Å². The normalized spacial score (nSPS) is 14.0. The van der Waals surface area contributed by atoms with Gasteiger partial charge in [0, 0.05) is 29.5 Å². The Balaban J connectivity index is 0.000000181. The molecule has 0 saturated carbocycles. The van der Waals surface area contributed by atoms with E-state index >= 15 is 0 Å². The highest BCUT2D eigenvalue weighted by molar-refractivity contribution is 6.05. The quantitative estimate of drug-likeness (QED) is 0.340. The average Bonchev–Trinajstić information content (AvgIpc) is 3.37. The predicted octanol–water partition coefficient (Wildman–Crippen LogP) is 2.67. The van der Waals surface area contributed by atoms with Crippen molar-refractivity contribution in [3.63, 3.8) is 0 Å². The highest BCUT2D eigenvalue weighted by Gasteiger charge is 2.33. The standard InChI is InChI=1S/C10H7NO5.C9H7NO6/c1-15-10(12)7-2-3-8(11(13)14)9-6(7)4-5-16-9;11-7-3-5-4(9(12)13)1-2-6(10(14)15)8(5)16-7/h2-5H,1H3;1-2,7,11H,3H2,(H,12,13). The Bertz CT molecular complexity index is 1200. The van der Waals surface area contributed by atoms with Crippen LogP contribution in [0.5, 0.6) is 5.75 Å². The summed E-state index contributed by atoms with van der Waals surface area (Å²) in [4.78, 5) is 42.3. The maximum absolute atomic E-state index is 11.4. The molecule has 1 aliphatic rings. The number of nitro groups is 2. The van der Waals surface area contributed by atoms with Crippen molar-refractivity contribution in [2.24, 2.45) is 0 Å². The number of carboxylic acids is 1. The van der Waals surface area contributed by atoms with Crippen LogP contribution in [-0.4, -0.2) is 45.4 Å². The summed E-state index contributed by atoms with van der Waals surface area (Å²) in [5.41, 5.74) is -0.111. The molecular formula is C19H14N2O11. The molecule has 3 aromatic rings. The predicted molar refractivity (Wildman–Crippen MR) is 105 cm³/mol. The van der Waals surface area contributed by atoms with Crippen molar-refractivity contribution in [2.45, 2.75) is 12.7 Å². The van der Waals surface area contributed by atoms with E-state index in [0.29, 0.717) is 5.39 Å². The van der Waals surface area contributed by atoms with Crippen molar-refractivity contribution < 1.29 is 43.5 Å². The van der Waals surface area contributed by atoms with Gasteiger partial charge >= 0.3 is 23.3 Å². The first kappa shape index (κ1) is 22.2. The minimum Gasteiger partial charge on any atom is -0.478 e. The van der Waals surface area contributed by atoms with Gasteiger partial charge in [-0.25, -0.2) is 9.59 Å². The molecule has 0 fully saturated rings. The number of fused-ring (bicyclic) bond motifs is 2. The molecule has 0 amide bonds. The molecule has 0 bridgehead atoms. The van der Waals surface area contributed by atoms with Crippen LogP contribution in [0.1, 0.15) is 26.3 Å². The number of non-ortho nitro benzene ring substituents is 1. The number of nitro benzene ring substituents is 2. The van der Waals surface area contributed by atoms with E-state index in [0.717, 1.165) is 12.1 Å². The lowest BCUT2D eigenvalue weighted by Gasteiger charge is -2.03. The smallest absolute Gasteiger partial charge is 0.338 e. The number of benzene rings is 2. The summed E-state index contributed by atoms with van der Waals surface area (Å²) >= 11 is 0. The van der Waals surface area contributed by atoms with Gasteiger partial charge in [0.05, 0.1) is 34.3 Å². The zero-order chi connectivity index (χ0) is 23.6. The summed E-state index contributed by atoms with van der Waals surface area (Å²) < 4.78 is 14.4. The van der Waals surface area contributed by atoms with Crippen molar-refractivity contribution in [1.82, 2.24) is 0 Å². The Morgan fingerprint density at radius 2 is 1.69 bits per heavy atom. The van der Waals surface area contributed by atoms with Crippen LogP contribution in [-0.2, 0) is 11.2 Å². The van der Waals surface area contributed by atoms with Crippen molar-refractivity contribution in [1.29, 1.82) is 0 Å². The first-order valence-corrected chi connectivity index (χ1v) is 8.76. The van der Waals surface area contributed by atoms with Crippen LogP contribution in [0.3, 0.4) is 0 Å². The summed E-state index contributed by atoms with van der Waals surface area (Å²) in [5, 5.41) is 39.8. The zero-order valence-electron chi connectivity index (χ0n) is 16.2. The van der Waals surface area contributed by atoms with E-state index in [9.17, 15) is 34.9 Å². The van der Waals surface area contributed by atoms with Gasteiger partial charge in [-0.1, -0.05) is 0 Å². The maximum atomic E-state index is 11.4. The molecule has 1 aliphatic heterocycles. The second-order valence-corrected chi connectivity index (χ2v) is 6.32. The molecular weight excluding hydrogens is 432 g/mol. The van der Waals surface area contributed by atoms with Crippen LogP contribution in [0.15, 0.2) is 41.0 Å². The van der Waals surface area contributed by atoms with Crippen molar-refractivity contribution in [2.75, 3.05) is 7.11 Å². The summed E-state index contributed by atoms with van der Waals surface area (Å²) in [5.74, 6) is -1.91. The van der Waals surface area contributed by atoms with Gasteiger partial charge in [0.25, 0.3) is 0 Å². The molecule has 32 heavy (non-hydrogen) atoms. The molecule has 1 unspecified atom stereocenters. The number of aliphatic hydroxyl groups is 1. The fourth-order valence-electron chi connectivity index (χ4n) is 3.13. The summed E-state index contributed by atoms with van der Waals surface area (Å²) in [6.45, 7) is 0. The molecule has 0 spiro atoms. The van der Waals surface area contributed by atoms with E-state index in [2.05, 4.69) is 4.74 Å². The Morgan fingerprint density at radius 3 is 2.28 bits per heavy atom. The molecule has 0 saturated heterocycles. The molecule has 166 valence electrons. The molecule has 0 radical (unpaired) electrons. The number of aliphatic hydroxyl groups excluding tert-OH is 1. The molecule has 1 aromatic heterocycles. The highest BCUT2D eigenvalue weighted by atomic mass is 16.6. The number of carbonyl (C=O) groups excluding carboxylic acids is 1. The average molecular weight is 446 g/mol. The fourth-order valence-corrected chi connectivity index (χ4v) is 3.13. The first-order valence-electron chi connectivity index (χ1n) is 8.76. The van der Waals surface area contributed by atoms with Crippen LogP contribution < -0.4 is 4.74 Å². The van der Waals surface area contributed by atoms with Gasteiger partial charge in [-0.15, -0.1) is 0 Å². The van der Waals surface area contributed by atoms with Gasteiger partial charge in [0.2, 0.25) is 17.6 Å². The van der Waals surface area contributed by atoms with E-state index in [1.54, 1.807) is 0 Å². The van der Waals surface area contributed by atoms with E-state index in [1.807, 2.05) is 0 Å². The van der Waals surface area contributed by atoms with E-state index < -0.39 is 28.1 Å². The summed E-state index contributed by atoms with van der Waals surface area (Å²) in [7, 11) is 1.25. The monoisotopic (exact) mass is 446 g/mol. The van der Waals surface area contributed by atoms with Crippen molar-refractivity contribution >= 4 is 34.3 Å². The number of carbonyl (C=O) groups is 2. The number of carboxylic acid groups (broad SMARTS) is 1. The highest BCUT2D eigenvalue weighted by Crippen LogP contribution is 2.39. The van der Waals surface area contributed by atoms with E-state index in [4.69, 9.17) is 14.3 Å². The Morgan fingerprint density at radius 1 is 1.06 bits per heavy atom. The third kappa shape index (κ3) is 4.04. The number of ether oxygens (including phenoxy) is 2. The Hall–Kier alpha value is -4.52. The number of furan rings is 1. The number of aromatic carboxylic acids is 1. The lowest BCUT2D eigenvalue weighted by molar-refractivity contribution is -0.386. The first-order chi connectivity index (χ1) is 15.1. The van der Waals surface area contributed by atoms with Gasteiger partial charge in [-0.05, 0) is 18.2 Å². The van der Waals surface area contributed by atoms with Crippen molar-refractivity contribution in [3.8, 4) is 5.75 Å². The largest absolute Gasteiger partial charge is 0.478 e. The molecule has 4 rings (SSSR count). The van der Waals surface area contributed by atoms with Gasteiger partial charge in [0.15, 0.2) is 0 Å². The Kier molecular flexibility index (Phi) is 6.02. The number of hydrogen-bond acceptors (Lipinski definition) is 10. The fraction of sp³-hybridized carbons (Fsp3) is 0.158. The minimum atomic E-state index is -1.23. The third-order valence-corrected chi connectivity index (χ3v) is 4.50. The molecule has 2 heterocycles. The lowest BCUT2D eigenvalue weighted by atomic mass is 10.0. The second kappa shape index (κ2) is 8.69. The van der Waals surface area contributed by atoms with Gasteiger partial charge in [0.1, 0.15) is 0 Å². The molecule has 13 nitrogen and oxygen atoms in total. The number of hydrogen-bond donors (Lipinski definition) is 2. The minimum absolute atomic E-state index is 0.0569. The van der Waals surface area contributed by atoms with E-state index in [1.165, 1.54) is 31.6 Å². The lowest BCUT2D eigenvalue weighted by Crippen LogP contribution is -2.10. The van der Waals surface area contributed by atoms with Gasteiger partial charge in [-0.3, -0.25) is 20.2 Å². The van der Waals surface area contributed by atoms with Crippen LogP contribution in [0.25, 0.3) is 11.0 Å². The summed E-state index contributed by atoms with van der Waals surface area (Å²) in [6, 6.07) is 6.26. The number of nitrogens with zero attached hydrogens (tertiary/aromatic N) is 2. The Labute approximate surface area is 177 Å².